The molecule has 1 fully saturated rings. The molecule has 0 atom stereocenters. The third-order valence-electron chi connectivity index (χ3n) is 3.93. The van der Waals surface area contributed by atoms with Gasteiger partial charge in [0.1, 0.15) is 5.75 Å². The van der Waals surface area contributed by atoms with Crippen LogP contribution in [-0.2, 0) is 16.1 Å². The van der Waals surface area contributed by atoms with Crippen LogP contribution in [0.25, 0.3) is 0 Å². The molecule has 0 unspecified atom stereocenters. The van der Waals surface area contributed by atoms with Crippen LogP contribution in [0.5, 0.6) is 5.75 Å². The first-order valence-corrected chi connectivity index (χ1v) is 7.88. The molecule has 0 saturated carbocycles. The molecule has 24 heavy (non-hydrogen) atoms. The van der Waals surface area contributed by atoms with Crippen molar-refractivity contribution in [3.63, 3.8) is 0 Å². The number of anilines is 1. The van der Waals surface area contributed by atoms with Crippen molar-refractivity contribution in [2.45, 2.75) is 19.4 Å². The first kappa shape index (κ1) is 16.2. The van der Waals surface area contributed by atoms with E-state index in [2.05, 4.69) is 0 Å². The zero-order chi connectivity index (χ0) is 16.9. The Labute approximate surface area is 140 Å². The zero-order valence-electron chi connectivity index (χ0n) is 13.5. The molecule has 124 valence electrons. The van der Waals surface area contributed by atoms with Crippen LogP contribution in [0.1, 0.15) is 28.8 Å². The lowest BCUT2D eigenvalue weighted by Crippen LogP contribution is -2.23. The second-order valence-electron chi connectivity index (χ2n) is 5.66. The summed E-state index contributed by atoms with van der Waals surface area (Å²) in [5, 5.41) is 0. The molecule has 0 bridgehead atoms. The molecule has 1 aliphatic rings. The number of carbonyl (C=O) groups is 2. The van der Waals surface area contributed by atoms with Gasteiger partial charge in [0.05, 0.1) is 12.2 Å². The molecule has 0 radical (unpaired) electrons. The van der Waals surface area contributed by atoms with Gasteiger partial charge < -0.3 is 14.4 Å². The lowest BCUT2D eigenvalue weighted by atomic mass is 10.1. The summed E-state index contributed by atoms with van der Waals surface area (Å²) in [4.78, 5) is 25.6. The lowest BCUT2D eigenvalue weighted by molar-refractivity contribution is -0.117. The maximum absolute atomic E-state index is 12.2. The van der Waals surface area contributed by atoms with Crippen LogP contribution in [0.3, 0.4) is 0 Å². The van der Waals surface area contributed by atoms with Gasteiger partial charge in [-0.15, -0.1) is 0 Å². The molecule has 1 amide bonds. The van der Waals surface area contributed by atoms with E-state index in [4.69, 9.17) is 9.47 Å². The summed E-state index contributed by atoms with van der Waals surface area (Å²) in [7, 11) is 1.63. The van der Waals surface area contributed by atoms with Crippen molar-refractivity contribution in [1.29, 1.82) is 0 Å². The highest BCUT2D eigenvalue weighted by Crippen LogP contribution is 2.24. The summed E-state index contributed by atoms with van der Waals surface area (Å²) in [5.74, 6) is 0.177. The number of amides is 1. The summed E-state index contributed by atoms with van der Waals surface area (Å²) >= 11 is 0. The third kappa shape index (κ3) is 3.63. The molecule has 5 heteroatoms. The van der Waals surface area contributed by atoms with E-state index in [0.717, 1.165) is 24.2 Å². The number of ether oxygens (including phenoxy) is 2. The Bertz CT molecular complexity index is 722. The summed E-state index contributed by atoms with van der Waals surface area (Å²) in [6, 6.07) is 14.1. The first-order chi connectivity index (χ1) is 11.7. The van der Waals surface area contributed by atoms with Crippen LogP contribution in [0.15, 0.2) is 48.5 Å². The highest BCUT2D eigenvalue weighted by atomic mass is 16.5. The van der Waals surface area contributed by atoms with Gasteiger partial charge in [-0.3, -0.25) is 4.79 Å². The van der Waals surface area contributed by atoms with Crippen molar-refractivity contribution >= 4 is 17.6 Å². The average molecular weight is 325 g/mol. The molecule has 2 aromatic rings. The SMILES string of the molecule is COCc1ccc(C(=O)Oc2ccc(N3CCCC3=O)cc2)cc1. The predicted molar refractivity (Wildman–Crippen MR) is 90.1 cm³/mol. The number of carbonyl (C=O) groups excluding carboxylic acids is 2. The number of methoxy groups -OCH3 is 1. The van der Waals surface area contributed by atoms with Crippen LogP contribution >= 0.6 is 0 Å². The number of esters is 1. The predicted octanol–water partition coefficient (Wildman–Crippen LogP) is 3.18. The Kier molecular flexibility index (Phi) is 4.91. The Hall–Kier alpha value is -2.66. The molecule has 0 aliphatic carbocycles. The Morgan fingerprint density at radius 1 is 1.08 bits per heavy atom. The van der Waals surface area contributed by atoms with Gasteiger partial charge in [0, 0.05) is 25.8 Å². The van der Waals surface area contributed by atoms with Gasteiger partial charge >= 0.3 is 5.97 Å². The normalized spacial score (nSPS) is 14.0. The van der Waals surface area contributed by atoms with E-state index in [1.807, 2.05) is 12.1 Å². The molecular formula is C19H19NO4. The number of rotatable bonds is 5. The molecule has 5 nitrogen and oxygen atoms in total. The van der Waals surface area contributed by atoms with E-state index in [1.54, 1.807) is 48.4 Å². The van der Waals surface area contributed by atoms with E-state index in [0.29, 0.717) is 24.3 Å². The quantitative estimate of drug-likeness (QED) is 0.626. The van der Waals surface area contributed by atoms with Crippen molar-refractivity contribution < 1.29 is 19.1 Å². The molecule has 1 heterocycles. The molecule has 1 saturated heterocycles. The average Bonchev–Trinajstić information content (AvgIpc) is 3.02. The van der Waals surface area contributed by atoms with Crippen molar-refractivity contribution in [2.75, 3.05) is 18.6 Å². The molecule has 0 spiro atoms. The molecule has 2 aromatic carbocycles. The minimum Gasteiger partial charge on any atom is -0.423 e. The monoisotopic (exact) mass is 325 g/mol. The molecule has 0 aromatic heterocycles. The highest BCUT2D eigenvalue weighted by molar-refractivity contribution is 5.95. The lowest BCUT2D eigenvalue weighted by Gasteiger charge is -2.15. The van der Waals surface area contributed by atoms with E-state index < -0.39 is 5.97 Å². The minimum absolute atomic E-state index is 0.135. The van der Waals surface area contributed by atoms with E-state index >= 15 is 0 Å². The van der Waals surface area contributed by atoms with Gasteiger partial charge in [-0.1, -0.05) is 12.1 Å². The maximum Gasteiger partial charge on any atom is 0.343 e. The largest absolute Gasteiger partial charge is 0.423 e. The smallest absolute Gasteiger partial charge is 0.343 e. The third-order valence-corrected chi connectivity index (χ3v) is 3.93. The highest BCUT2D eigenvalue weighted by Gasteiger charge is 2.21. The number of nitrogens with zero attached hydrogens (tertiary/aromatic N) is 1. The van der Waals surface area contributed by atoms with E-state index in [1.165, 1.54) is 0 Å². The van der Waals surface area contributed by atoms with Crippen LogP contribution in [0, 0.1) is 0 Å². The van der Waals surface area contributed by atoms with Gasteiger partial charge in [-0.25, -0.2) is 4.79 Å². The van der Waals surface area contributed by atoms with E-state index in [9.17, 15) is 9.59 Å². The van der Waals surface area contributed by atoms with Crippen LogP contribution in [0.4, 0.5) is 5.69 Å². The number of hydrogen-bond acceptors (Lipinski definition) is 4. The van der Waals surface area contributed by atoms with Crippen molar-refractivity contribution in [3.05, 3.63) is 59.7 Å². The zero-order valence-corrected chi connectivity index (χ0v) is 13.5. The second kappa shape index (κ2) is 7.27. The van der Waals surface area contributed by atoms with E-state index in [-0.39, 0.29) is 5.91 Å². The Morgan fingerprint density at radius 3 is 2.38 bits per heavy atom. The van der Waals surface area contributed by atoms with Gasteiger partial charge in [0.2, 0.25) is 5.91 Å². The summed E-state index contributed by atoms with van der Waals surface area (Å²) in [5.41, 5.74) is 2.31. The Balaban J connectivity index is 1.64. The summed E-state index contributed by atoms with van der Waals surface area (Å²) in [6.45, 7) is 1.25. The fourth-order valence-corrected chi connectivity index (χ4v) is 2.68. The van der Waals surface area contributed by atoms with Crippen LogP contribution in [0.2, 0.25) is 0 Å². The van der Waals surface area contributed by atoms with Gasteiger partial charge in [0.25, 0.3) is 0 Å². The standard InChI is InChI=1S/C19H19NO4/c1-23-13-14-4-6-15(7-5-14)19(22)24-17-10-8-16(9-11-17)20-12-2-3-18(20)21/h4-11H,2-3,12-13H2,1H3. The molecule has 3 rings (SSSR count). The Morgan fingerprint density at radius 2 is 1.79 bits per heavy atom. The summed E-state index contributed by atoms with van der Waals surface area (Å²) in [6.07, 6.45) is 1.48. The van der Waals surface area contributed by atoms with Crippen molar-refractivity contribution in [2.24, 2.45) is 0 Å². The molecule has 0 N–H and O–H groups in total. The second-order valence-corrected chi connectivity index (χ2v) is 5.66. The first-order valence-electron chi connectivity index (χ1n) is 7.88. The number of benzene rings is 2. The van der Waals surface area contributed by atoms with Crippen LogP contribution < -0.4 is 9.64 Å². The van der Waals surface area contributed by atoms with Gasteiger partial charge in [-0.2, -0.15) is 0 Å². The van der Waals surface area contributed by atoms with Gasteiger partial charge in [0.15, 0.2) is 0 Å². The fraction of sp³-hybridized carbons (Fsp3) is 0.263. The van der Waals surface area contributed by atoms with Crippen molar-refractivity contribution in [3.8, 4) is 5.75 Å². The minimum atomic E-state index is -0.413. The van der Waals surface area contributed by atoms with Gasteiger partial charge in [-0.05, 0) is 48.4 Å². The van der Waals surface area contributed by atoms with Crippen molar-refractivity contribution in [1.82, 2.24) is 0 Å². The molecular weight excluding hydrogens is 306 g/mol. The topological polar surface area (TPSA) is 55.8 Å². The maximum atomic E-state index is 12.2. The molecule has 1 aliphatic heterocycles. The fourth-order valence-electron chi connectivity index (χ4n) is 2.68. The number of hydrogen-bond donors (Lipinski definition) is 0. The van der Waals surface area contributed by atoms with Crippen LogP contribution in [-0.4, -0.2) is 25.5 Å². The summed E-state index contributed by atoms with van der Waals surface area (Å²) < 4.78 is 10.4.